The second kappa shape index (κ2) is 15.4. The van der Waals surface area contributed by atoms with Gasteiger partial charge in [0.2, 0.25) is 0 Å². The Morgan fingerprint density at radius 1 is 0.692 bits per heavy atom. The van der Waals surface area contributed by atoms with Crippen molar-refractivity contribution in [2.24, 2.45) is 0 Å². The summed E-state index contributed by atoms with van der Waals surface area (Å²) in [6.45, 7) is 1.86. The molecule has 0 aromatic carbocycles. The van der Waals surface area contributed by atoms with Gasteiger partial charge in [-0.1, -0.05) is 13.8 Å². The van der Waals surface area contributed by atoms with Crippen LogP contribution < -0.4 is 0 Å². The monoisotopic (exact) mass is 634 g/mol. The SMILES string of the molecule is CCCC(=O)OC[C@H](COP(=O)(O)O[C@@H]1[C@H](O)[C@H](O)[C@@H](OP(=O)(O)O)[C@H](OP(=O)(O)O)[C@H]1O)OC(=O)CCC. The number of aliphatic hydroxyl groups excluding tert-OH is 3. The minimum Gasteiger partial charge on any atom is -0.462 e. The molecule has 0 amide bonds. The van der Waals surface area contributed by atoms with Gasteiger partial charge in [-0.2, -0.15) is 0 Å². The van der Waals surface area contributed by atoms with Gasteiger partial charge in [0.1, 0.15) is 43.2 Å². The molecule has 0 aromatic heterocycles. The van der Waals surface area contributed by atoms with Crippen LogP contribution in [-0.2, 0) is 50.9 Å². The largest absolute Gasteiger partial charge is 0.472 e. The summed E-state index contributed by atoms with van der Waals surface area (Å²) in [6.07, 6.45) is -15.5. The molecule has 19 nitrogen and oxygen atoms in total. The zero-order valence-electron chi connectivity index (χ0n) is 20.7. The zero-order valence-corrected chi connectivity index (χ0v) is 23.4. The van der Waals surface area contributed by atoms with E-state index < -0.39 is 91.3 Å². The maximum absolute atomic E-state index is 12.5. The number of phosphoric acid groups is 3. The van der Waals surface area contributed by atoms with Crippen LogP contribution >= 0.6 is 23.5 Å². The molecule has 0 spiro atoms. The van der Waals surface area contributed by atoms with Crippen LogP contribution in [0.2, 0.25) is 0 Å². The van der Waals surface area contributed by atoms with Crippen molar-refractivity contribution in [3.63, 3.8) is 0 Å². The number of hydrogen-bond donors (Lipinski definition) is 8. The third-order valence-electron chi connectivity index (χ3n) is 4.85. The van der Waals surface area contributed by atoms with Crippen molar-refractivity contribution in [1.82, 2.24) is 0 Å². The van der Waals surface area contributed by atoms with Crippen LogP contribution in [0, 0.1) is 0 Å². The molecule has 8 atom stereocenters. The Labute approximate surface area is 222 Å². The highest BCUT2D eigenvalue weighted by Gasteiger charge is 2.56. The molecule has 1 rings (SSSR count). The Kier molecular flexibility index (Phi) is 14.3. The van der Waals surface area contributed by atoms with Gasteiger partial charge >= 0.3 is 35.4 Å². The molecule has 22 heteroatoms. The fourth-order valence-corrected chi connectivity index (χ4v) is 5.34. The van der Waals surface area contributed by atoms with E-state index in [1.54, 1.807) is 13.8 Å². The second-order valence-corrected chi connectivity index (χ2v) is 12.0. The fraction of sp³-hybridized carbons (Fsp3) is 0.882. The third-order valence-corrected chi connectivity index (χ3v) is 6.87. The molecule has 0 radical (unpaired) electrons. The molecule has 0 aromatic rings. The molecule has 1 aliphatic carbocycles. The first kappa shape index (κ1) is 36.2. The number of phosphoric ester groups is 3. The van der Waals surface area contributed by atoms with Crippen molar-refractivity contribution >= 4 is 35.4 Å². The highest BCUT2D eigenvalue weighted by molar-refractivity contribution is 7.47. The van der Waals surface area contributed by atoms with E-state index in [1.165, 1.54) is 0 Å². The summed E-state index contributed by atoms with van der Waals surface area (Å²) < 4.78 is 62.8. The molecular weight excluding hydrogens is 601 g/mol. The predicted octanol–water partition coefficient (Wildman–Crippen LogP) is -1.40. The van der Waals surface area contributed by atoms with Crippen LogP contribution in [0.4, 0.5) is 0 Å². The van der Waals surface area contributed by atoms with E-state index in [2.05, 4.69) is 13.6 Å². The van der Waals surface area contributed by atoms with Gasteiger partial charge in [0.15, 0.2) is 6.10 Å². The molecule has 8 N–H and O–H groups in total. The Bertz CT molecular complexity index is 948. The van der Waals surface area contributed by atoms with Crippen molar-refractivity contribution in [2.45, 2.75) is 82.3 Å². The normalized spacial score (nSPS) is 28.4. The fourth-order valence-electron chi connectivity index (χ4n) is 3.24. The average molecular weight is 634 g/mol. The Morgan fingerprint density at radius 3 is 1.64 bits per heavy atom. The van der Waals surface area contributed by atoms with Crippen molar-refractivity contribution in [3.05, 3.63) is 0 Å². The van der Waals surface area contributed by atoms with E-state index >= 15 is 0 Å². The van der Waals surface area contributed by atoms with Gasteiger partial charge in [0.05, 0.1) is 6.61 Å². The quantitative estimate of drug-likeness (QED) is 0.0714. The number of esters is 2. The summed E-state index contributed by atoms with van der Waals surface area (Å²) in [4.78, 5) is 69.8. The molecule has 230 valence electrons. The molecule has 0 aliphatic heterocycles. The number of ether oxygens (including phenoxy) is 2. The molecule has 1 saturated carbocycles. The van der Waals surface area contributed by atoms with E-state index in [0.717, 1.165) is 0 Å². The highest BCUT2D eigenvalue weighted by Crippen LogP contribution is 2.51. The lowest BCUT2D eigenvalue weighted by atomic mass is 9.85. The van der Waals surface area contributed by atoms with Gasteiger partial charge in [0, 0.05) is 12.8 Å². The zero-order chi connectivity index (χ0) is 30.2. The average Bonchev–Trinajstić information content (AvgIpc) is 2.78. The second-order valence-electron chi connectivity index (χ2n) is 8.22. The summed E-state index contributed by atoms with van der Waals surface area (Å²) in [5.74, 6) is -1.43. The van der Waals surface area contributed by atoms with Gasteiger partial charge in [-0.3, -0.25) is 27.7 Å². The number of aliphatic hydroxyl groups is 3. The van der Waals surface area contributed by atoms with E-state index in [4.69, 9.17) is 33.6 Å². The first-order valence-electron chi connectivity index (χ1n) is 11.3. The van der Waals surface area contributed by atoms with E-state index in [1.807, 2.05) is 0 Å². The third kappa shape index (κ3) is 13.1. The lowest BCUT2D eigenvalue weighted by Crippen LogP contribution is -2.65. The number of hydrogen-bond acceptors (Lipinski definition) is 14. The van der Waals surface area contributed by atoms with Crippen molar-refractivity contribution in [3.8, 4) is 0 Å². The molecule has 39 heavy (non-hydrogen) atoms. The molecule has 0 saturated heterocycles. The first-order chi connectivity index (χ1) is 17.8. The molecule has 1 fully saturated rings. The summed E-state index contributed by atoms with van der Waals surface area (Å²) in [7, 11) is -16.4. The molecule has 0 bridgehead atoms. The standard InChI is InChI=1S/C17H33O19P3/c1-3-5-10(18)31-7-9(33-11(19)6-4-2)8-32-39(29,30)36-15-12(20)13(21)16(34-37(23,24)25)17(14(15)22)35-38(26,27)28/h9,12-17,20-22H,3-8H2,1-2H3,(H,29,30)(H2,23,24,25)(H2,26,27,28)/t9-,12-,13+,14+,15-,16-,17-/m1/s1. The molecule has 0 heterocycles. The maximum Gasteiger partial charge on any atom is 0.472 e. The van der Waals surface area contributed by atoms with Crippen LogP contribution in [0.15, 0.2) is 0 Å². The van der Waals surface area contributed by atoms with E-state index in [9.17, 15) is 43.5 Å². The summed E-state index contributed by atoms with van der Waals surface area (Å²) in [5.41, 5.74) is 0. The predicted molar refractivity (Wildman–Crippen MR) is 123 cm³/mol. The summed E-state index contributed by atoms with van der Waals surface area (Å²) in [5, 5.41) is 30.9. The van der Waals surface area contributed by atoms with Gasteiger partial charge in [-0.25, -0.2) is 13.7 Å². The van der Waals surface area contributed by atoms with Crippen LogP contribution in [0.3, 0.4) is 0 Å². The highest BCUT2D eigenvalue weighted by atomic mass is 31.2. The summed E-state index contributed by atoms with van der Waals surface area (Å²) in [6, 6.07) is 0. The van der Waals surface area contributed by atoms with Crippen LogP contribution in [0.25, 0.3) is 0 Å². The number of rotatable bonds is 16. The number of carbonyl (C=O) groups is 2. The van der Waals surface area contributed by atoms with Crippen molar-refractivity contribution in [1.29, 1.82) is 0 Å². The summed E-state index contributed by atoms with van der Waals surface area (Å²) >= 11 is 0. The minimum atomic E-state index is -5.56. The topological polar surface area (TPSA) is 303 Å². The van der Waals surface area contributed by atoms with Gasteiger partial charge in [0.25, 0.3) is 0 Å². The van der Waals surface area contributed by atoms with E-state index in [0.29, 0.717) is 12.8 Å². The van der Waals surface area contributed by atoms with Crippen LogP contribution in [0.1, 0.15) is 39.5 Å². The lowest BCUT2D eigenvalue weighted by molar-refractivity contribution is -0.213. The van der Waals surface area contributed by atoms with Gasteiger partial charge in [-0.05, 0) is 12.8 Å². The number of carbonyl (C=O) groups excluding carboxylic acids is 2. The van der Waals surface area contributed by atoms with Crippen LogP contribution in [-0.4, -0.2) is 108 Å². The Morgan fingerprint density at radius 2 is 1.15 bits per heavy atom. The Hall–Kier alpha value is -0.850. The lowest BCUT2D eigenvalue weighted by Gasteiger charge is -2.44. The molecule has 1 unspecified atom stereocenters. The maximum atomic E-state index is 12.5. The Balaban J connectivity index is 3.07. The van der Waals surface area contributed by atoms with E-state index in [-0.39, 0.29) is 12.8 Å². The minimum absolute atomic E-state index is 0.0302. The smallest absolute Gasteiger partial charge is 0.462 e. The van der Waals surface area contributed by atoms with Gasteiger partial charge in [-0.15, -0.1) is 0 Å². The van der Waals surface area contributed by atoms with Crippen molar-refractivity contribution < 1.29 is 90.6 Å². The first-order valence-corrected chi connectivity index (χ1v) is 15.9. The molecular formula is C17H33O19P3. The van der Waals surface area contributed by atoms with Crippen molar-refractivity contribution in [2.75, 3.05) is 13.2 Å². The van der Waals surface area contributed by atoms with Gasteiger partial charge < -0.3 is 49.3 Å². The van der Waals surface area contributed by atoms with Crippen LogP contribution in [0.5, 0.6) is 0 Å². The molecule has 1 aliphatic rings.